The molecule has 3 atom stereocenters. The van der Waals surface area contributed by atoms with Crippen LogP contribution in [0, 0.1) is 0 Å². The molecule has 1 fully saturated rings. The van der Waals surface area contributed by atoms with E-state index in [0.29, 0.717) is 35.9 Å². The van der Waals surface area contributed by atoms with E-state index in [9.17, 15) is 9.59 Å². The van der Waals surface area contributed by atoms with Crippen molar-refractivity contribution in [1.82, 2.24) is 20.5 Å². The summed E-state index contributed by atoms with van der Waals surface area (Å²) in [5.74, 6) is 0.0351. The zero-order valence-electron chi connectivity index (χ0n) is 18.7. The van der Waals surface area contributed by atoms with Gasteiger partial charge < -0.3 is 16.4 Å². The second-order valence-corrected chi connectivity index (χ2v) is 9.00. The molecule has 2 amide bonds. The number of nitrogens with two attached hydrogens (primary N) is 1. The monoisotopic (exact) mass is 457 g/mol. The molecule has 32 heavy (non-hydrogen) atoms. The molecule has 0 spiro atoms. The Hall–Kier alpha value is -2.64. The summed E-state index contributed by atoms with van der Waals surface area (Å²) >= 11 is 5.99. The minimum atomic E-state index is -0.694. The van der Waals surface area contributed by atoms with Crippen LogP contribution >= 0.6 is 11.6 Å². The van der Waals surface area contributed by atoms with Crippen LogP contribution in [0.4, 0.5) is 5.82 Å². The van der Waals surface area contributed by atoms with Crippen LogP contribution in [0.3, 0.4) is 0 Å². The smallest absolute Gasteiger partial charge is 0.243 e. The van der Waals surface area contributed by atoms with Crippen LogP contribution in [0.1, 0.15) is 44.2 Å². The van der Waals surface area contributed by atoms with E-state index in [1.165, 1.54) is 6.42 Å². The predicted octanol–water partition coefficient (Wildman–Crippen LogP) is 2.92. The van der Waals surface area contributed by atoms with Crippen LogP contribution in [-0.2, 0) is 22.6 Å². The molecule has 7 nitrogen and oxygen atoms in total. The van der Waals surface area contributed by atoms with Gasteiger partial charge in [0.25, 0.3) is 0 Å². The fourth-order valence-electron chi connectivity index (χ4n) is 4.11. The van der Waals surface area contributed by atoms with E-state index in [1.54, 1.807) is 24.4 Å². The van der Waals surface area contributed by atoms with Gasteiger partial charge in [-0.15, -0.1) is 0 Å². The first kappa shape index (κ1) is 24.0. The Morgan fingerprint density at radius 3 is 2.41 bits per heavy atom. The zero-order chi connectivity index (χ0) is 23.1. The number of likely N-dealkylation sites (tertiary alicyclic amines) is 1. The Bertz CT molecular complexity index is 894. The summed E-state index contributed by atoms with van der Waals surface area (Å²) in [6, 6.07) is 10.8. The van der Waals surface area contributed by atoms with Gasteiger partial charge in [-0.2, -0.15) is 0 Å². The summed E-state index contributed by atoms with van der Waals surface area (Å²) in [6.07, 6.45) is 5.35. The highest BCUT2D eigenvalue weighted by molar-refractivity contribution is 6.30. The molecular weight excluding hydrogens is 426 g/mol. The van der Waals surface area contributed by atoms with Gasteiger partial charge in [-0.05, 0) is 56.0 Å². The number of piperidine rings is 1. The van der Waals surface area contributed by atoms with Crippen molar-refractivity contribution in [2.45, 2.75) is 64.2 Å². The van der Waals surface area contributed by atoms with Crippen LogP contribution in [0.15, 0.2) is 42.6 Å². The minimum Gasteiger partial charge on any atom is -0.384 e. The molecule has 4 N–H and O–H groups in total. The molecule has 3 rings (SSSR count). The topological polar surface area (TPSA) is 100 Å². The summed E-state index contributed by atoms with van der Waals surface area (Å²) in [5.41, 5.74) is 7.37. The molecule has 0 aliphatic carbocycles. The quantitative estimate of drug-likeness (QED) is 0.565. The number of pyridine rings is 1. The van der Waals surface area contributed by atoms with E-state index >= 15 is 0 Å². The molecule has 1 aromatic carbocycles. The van der Waals surface area contributed by atoms with Gasteiger partial charge in [0, 0.05) is 36.3 Å². The van der Waals surface area contributed by atoms with E-state index in [4.69, 9.17) is 17.3 Å². The van der Waals surface area contributed by atoms with Crippen molar-refractivity contribution in [3.63, 3.8) is 0 Å². The number of nitrogens with zero attached hydrogens (tertiary/aromatic N) is 2. The number of benzene rings is 1. The predicted molar refractivity (Wildman–Crippen MR) is 127 cm³/mol. The van der Waals surface area contributed by atoms with E-state index in [-0.39, 0.29) is 18.4 Å². The van der Waals surface area contributed by atoms with Gasteiger partial charge in [0.2, 0.25) is 11.8 Å². The van der Waals surface area contributed by atoms with Crippen molar-refractivity contribution < 1.29 is 9.59 Å². The number of carbonyl (C=O) groups is 2. The van der Waals surface area contributed by atoms with Crippen LogP contribution in [0.25, 0.3) is 0 Å². The Kier molecular flexibility index (Phi) is 8.47. The Balaban J connectivity index is 1.66. The maximum absolute atomic E-state index is 13.0. The molecular formula is C24H32ClN5O2. The fraction of sp³-hybridized carbons (Fsp3) is 0.458. The first-order valence-electron chi connectivity index (χ1n) is 11.1. The number of amides is 2. The summed E-state index contributed by atoms with van der Waals surface area (Å²) < 4.78 is 0. The van der Waals surface area contributed by atoms with Gasteiger partial charge in [-0.3, -0.25) is 14.5 Å². The molecule has 1 aromatic heterocycles. The Morgan fingerprint density at radius 2 is 1.78 bits per heavy atom. The molecule has 172 valence electrons. The zero-order valence-corrected chi connectivity index (χ0v) is 19.4. The molecule has 3 unspecified atom stereocenters. The molecule has 0 saturated carbocycles. The highest BCUT2D eigenvalue weighted by atomic mass is 35.5. The van der Waals surface area contributed by atoms with Gasteiger partial charge in [0.15, 0.2) is 0 Å². The number of hydrogen-bond donors (Lipinski definition) is 3. The summed E-state index contributed by atoms with van der Waals surface area (Å²) in [6.45, 7) is 4.90. The largest absolute Gasteiger partial charge is 0.384 e. The molecule has 1 saturated heterocycles. The molecule has 0 bridgehead atoms. The van der Waals surface area contributed by atoms with Gasteiger partial charge in [-0.1, -0.05) is 36.2 Å². The average molecular weight is 458 g/mol. The lowest BCUT2D eigenvalue weighted by Crippen LogP contribution is -2.53. The third-order valence-electron chi connectivity index (χ3n) is 6.02. The van der Waals surface area contributed by atoms with E-state index in [2.05, 4.69) is 34.4 Å². The van der Waals surface area contributed by atoms with Crippen molar-refractivity contribution in [1.29, 1.82) is 0 Å². The SMILES string of the molecule is CC1CCCC(C)N1CC(=O)NC(Cc1ccc(Cl)cc1)C(=O)NCc1ccc(N)nc1. The normalized spacial score (nSPS) is 19.8. The second-order valence-electron chi connectivity index (χ2n) is 8.56. The molecule has 0 radical (unpaired) electrons. The van der Waals surface area contributed by atoms with E-state index < -0.39 is 6.04 Å². The van der Waals surface area contributed by atoms with Crippen molar-refractivity contribution in [3.8, 4) is 0 Å². The van der Waals surface area contributed by atoms with Gasteiger partial charge >= 0.3 is 0 Å². The molecule has 2 heterocycles. The highest BCUT2D eigenvalue weighted by Crippen LogP contribution is 2.22. The number of halogens is 1. The highest BCUT2D eigenvalue weighted by Gasteiger charge is 2.28. The number of aromatic nitrogens is 1. The van der Waals surface area contributed by atoms with Crippen molar-refractivity contribution in [3.05, 3.63) is 58.7 Å². The van der Waals surface area contributed by atoms with Crippen LogP contribution in [-0.4, -0.2) is 46.4 Å². The third kappa shape index (κ3) is 6.93. The number of rotatable bonds is 8. The number of nitrogens with one attached hydrogen (secondary N) is 2. The molecule has 1 aliphatic rings. The van der Waals surface area contributed by atoms with Gasteiger partial charge in [0.05, 0.1) is 6.54 Å². The maximum Gasteiger partial charge on any atom is 0.243 e. The van der Waals surface area contributed by atoms with Crippen molar-refractivity contribution >= 4 is 29.2 Å². The fourth-order valence-corrected chi connectivity index (χ4v) is 4.24. The Morgan fingerprint density at radius 1 is 1.12 bits per heavy atom. The number of carbonyl (C=O) groups excluding carboxylic acids is 2. The van der Waals surface area contributed by atoms with E-state index in [1.807, 2.05) is 18.2 Å². The van der Waals surface area contributed by atoms with Gasteiger partial charge in [0.1, 0.15) is 11.9 Å². The molecule has 1 aliphatic heterocycles. The Labute approximate surface area is 194 Å². The number of nitrogen functional groups attached to an aromatic ring is 1. The van der Waals surface area contributed by atoms with Crippen LogP contribution in [0.2, 0.25) is 5.02 Å². The maximum atomic E-state index is 13.0. The molecule has 8 heteroatoms. The standard InChI is InChI=1S/C24H32ClN5O2/c1-16-4-3-5-17(2)30(16)15-23(31)29-21(12-18-6-9-20(25)10-7-18)24(32)28-14-19-8-11-22(26)27-13-19/h6-11,13,16-17,21H,3-5,12,14-15H2,1-2H3,(H2,26,27)(H,28,32)(H,29,31). The van der Waals surface area contributed by atoms with Crippen molar-refractivity contribution in [2.24, 2.45) is 0 Å². The van der Waals surface area contributed by atoms with Gasteiger partial charge in [-0.25, -0.2) is 4.98 Å². The number of hydrogen-bond acceptors (Lipinski definition) is 5. The minimum absolute atomic E-state index is 0.145. The molecule has 2 aromatic rings. The lowest BCUT2D eigenvalue weighted by atomic mass is 9.97. The van der Waals surface area contributed by atoms with Crippen LogP contribution in [0.5, 0.6) is 0 Å². The van der Waals surface area contributed by atoms with Crippen LogP contribution < -0.4 is 16.4 Å². The van der Waals surface area contributed by atoms with E-state index in [0.717, 1.165) is 24.0 Å². The lowest BCUT2D eigenvalue weighted by Gasteiger charge is -2.38. The summed E-state index contributed by atoms with van der Waals surface area (Å²) in [4.78, 5) is 32.2. The summed E-state index contributed by atoms with van der Waals surface area (Å²) in [7, 11) is 0. The first-order chi connectivity index (χ1) is 15.3. The average Bonchev–Trinajstić information content (AvgIpc) is 2.77. The first-order valence-corrected chi connectivity index (χ1v) is 11.5. The summed E-state index contributed by atoms with van der Waals surface area (Å²) in [5, 5.41) is 6.48. The van der Waals surface area contributed by atoms with Crippen molar-refractivity contribution in [2.75, 3.05) is 12.3 Å². The second kappa shape index (κ2) is 11.3. The third-order valence-corrected chi connectivity index (χ3v) is 6.27. The number of anilines is 1. The lowest BCUT2D eigenvalue weighted by molar-refractivity contribution is -0.130.